The van der Waals surface area contributed by atoms with Crippen molar-refractivity contribution in [2.45, 2.75) is 19.0 Å². The molecule has 3 rings (SSSR count). The van der Waals surface area contributed by atoms with E-state index in [2.05, 4.69) is 39.8 Å². The van der Waals surface area contributed by atoms with Crippen LogP contribution in [-0.4, -0.2) is 31.6 Å². The molecular weight excluding hydrogens is 459 g/mol. The number of aromatic nitrogens is 1. The number of allylic oxidation sites excluding steroid dienone is 1. The van der Waals surface area contributed by atoms with Crippen molar-refractivity contribution in [2.75, 3.05) is 20.3 Å². The van der Waals surface area contributed by atoms with Gasteiger partial charge in [-0.15, -0.1) is 12.6 Å². The van der Waals surface area contributed by atoms with E-state index in [9.17, 15) is 13.2 Å². The third kappa shape index (κ3) is 7.37. The number of ether oxygens (including phenoxy) is 1. The molecule has 0 radical (unpaired) electrons. The summed E-state index contributed by atoms with van der Waals surface area (Å²) < 4.78 is 43.0. The van der Waals surface area contributed by atoms with Gasteiger partial charge in [-0.3, -0.25) is 9.98 Å². The Labute approximate surface area is 202 Å². The second-order valence-electron chi connectivity index (χ2n) is 7.37. The van der Waals surface area contributed by atoms with Crippen molar-refractivity contribution in [1.82, 2.24) is 10.3 Å². The molecule has 0 aliphatic heterocycles. The van der Waals surface area contributed by atoms with Crippen LogP contribution in [0.5, 0.6) is 0 Å². The molecule has 4 nitrogen and oxygen atoms in total. The second-order valence-corrected chi connectivity index (χ2v) is 7.82. The molecule has 0 bridgehead atoms. The standard InChI is InChI=1S/C26H24F3N3OS/c1-33-15-3-5-24(25(34)21-8-9-22-17-30-14-12-20(22)16-21)32-18-31-13-2-4-19-6-10-23(11-7-19)26(27,28)29/h6-12,14,16-18,34H,2,4,13,15H2,1H3,(H,31,32)/b25-24-. The molecule has 2 aromatic carbocycles. The van der Waals surface area contributed by atoms with Gasteiger partial charge in [0.05, 0.1) is 11.9 Å². The predicted octanol–water partition coefficient (Wildman–Crippen LogP) is 5.75. The van der Waals surface area contributed by atoms with Crippen LogP contribution in [0, 0.1) is 11.8 Å². The molecule has 0 unspecified atom stereocenters. The molecule has 0 saturated carbocycles. The third-order valence-corrected chi connectivity index (χ3v) is 5.40. The molecule has 3 aromatic rings. The monoisotopic (exact) mass is 483 g/mol. The third-order valence-electron chi connectivity index (χ3n) is 4.91. The van der Waals surface area contributed by atoms with Gasteiger partial charge in [-0.1, -0.05) is 30.2 Å². The van der Waals surface area contributed by atoms with Crippen molar-refractivity contribution in [2.24, 2.45) is 4.99 Å². The summed E-state index contributed by atoms with van der Waals surface area (Å²) in [4.78, 5) is 9.14. The average molecular weight is 484 g/mol. The topological polar surface area (TPSA) is 46.5 Å². The molecule has 0 spiro atoms. The Balaban J connectivity index is 1.62. The van der Waals surface area contributed by atoms with Gasteiger partial charge in [-0.25, -0.2) is 0 Å². The van der Waals surface area contributed by atoms with Gasteiger partial charge in [0.25, 0.3) is 0 Å². The molecule has 0 aliphatic carbocycles. The van der Waals surface area contributed by atoms with Crippen LogP contribution in [0.25, 0.3) is 15.7 Å². The molecule has 0 aliphatic rings. The van der Waals surface area contributed by atoms with Crippen LogP contribution >= 0.6 is 12.6 Å². The lowest BCUT2D eigenvalue weighted by Crippen LogP contribution is -2.11. The van der Waals surface area contributed by atoms with Crippen molar-refractivity contribution in [3.8, 4) is 11.8 Å². The molecule has 1 aromatic heterocycles. The maximum Gasteiger partial charge on any atom is 0.416 e. The van der Waals surface area contributed by atoms with Crippen molar-refractivity contribution in [3.05, 3.63) is 83.3 Å². The van der Waals surface area contributed by atoms with E-state index in [-0.39, 0.29) is 6.61 Å². The van der Waals surface area contributed by atoms with Crippen LogP contribution in [0.15, 0.2) is 71.6 Å². The van der Waals surface area contributed by atoms with Crippen LogP contribution in [0.2, 0.25) is 0 Å². The average Bonchev–Trinajstić information content (AvgIpc) is 2.84. The smallest absolute Gasteiger partial charge is 0.372 e. The number of aryl methyl sites for hydroxylation is 1. The van der Waals surface area contributed by atoms with Crippen molar-refractivity contribution < 1.29 is 17.9 Å². The summed E-state index contributed by atoms with van der Waals surface area (Å²) in [5, 5.41) is 5.16. The van der Waals surface area contributed by atoms with Crippen LogP contribution in [-0.2, 0) is 17.3 Å². The summed E-state index contributed by atoms with van der Waals surface area (Å²) >= 11 is 4.68. The highest BCUT2D eigenvalue weighted by Gasteiger charge is 2.29. The first-order chi connectivity index (χ1) is 16.4. The van der Waals surface area contributed by atoms with Gasteiger partial charge in [0.15, 0.2) is 0 Å². The molecule has 0 atom stereocenters. The fourth-order valence-corrected chi connectivity index (χ4v) is 3.40. The Bertz CT molecular complexity index is 1230. The maximum atomic E-state index is 12.7. The number of pyridine rings is 1. The first-order valence-corrected chi connectivity index (χ1v) is 11.0. The Morgan fingerprint density at radius 2 is 1.94 bits per heavy atom. The van der Waals surface area contributed by atoms with Gasteiger partial charge in [0.2, 0.25) is 0 Å². The van der Waals surface area contributed by atoms with E-state index in [1.807, 2.05) is 24.3 Å². The SMILES string of the molecule is COCC#C/C(NC=NCCCc1ccc(C(F)(F)F)cc1)=C(/S)c1ccc2cnccc2c1. The molecule has 0 amide bonds. The number of benzene rings is 2. The van der Waals surface area contributed by atoms with E-state index in [1.54, 1.807) is 25.8 Å². The number of halogens is 3. The summed E-state index contributed by atoms with van der Waals surface area (Å²) in [7, 11) is 1.57. The number of nitrogens with zero attached hydrogens (tertiary/aromatic N) is 2. The summed E-state index contributed by atoms with van der Waals surface area (Å²) in [5.74, 6) is 5.94. The van der Waals surface area contributed by atoms with Crippen LogP contribution in [0.4, 0.5) is 13.2 Å². The van der Waals surface area contributed by atoms with Gasteiger partial charge >= 0.3 is 6.18 Å². The highest BCUT2D eigenvalue weighted by Crippen LogP contribution is 2.29. The van der Waals surface area contributed by atoms with Gasteiger partial charge in [-0.05, 0) is 59.5 Å². The molecule has 8 heteroatoms. The van der Waals surface area contributed by atoms with Gasteiger partial charge < -0.3 is 10.1 Å². The fraction of sp³-hybridized carbons (Fsp3) is 0.231. The van der Waals surface area contributed by atoms with Crippen molar-refractivity contribution in [1.29, 1.82) is 0 Å². The van der Waals surface area contributed by atoms with Gasteiger partial charge in [0.1, 0.15) is 12.3 Å². The molecule has 34 heavy (non-hydrogen) atoms. The summed E-state index contributed by atoms with van der Waals surface area (Å²) in [6, 6.07) is 13.1. The highest BCUT2D eigenvalue weighted by molar-refractivity contribution is 7.90. The number of fused-ring (bicyclic) bond motifs is 1. The molecule has 0 saturated heterocycles. The van der Waals surface area contributed by atoms with Gasteiger partial charge in [-0.2, -0.15) is 13.2 Å². The molecule has 1 heterocycles. The molecule has 176 valence electrons. The Hall–Kier alpha value is -3.28. The second kappa shape index (κ2) is 12.3. The Morgan fingerprint density at radius 1 is 1.15 bits per heavy atom. The highest BCUT2D eigenvalue weighted by atomic mass is 32.1. The quantitative estimate of drug-likeness (QED) is 0.141. The van der Waals surface area contributed by atoms with E-state index in [4.69, 9.17) is 4.74 Å². The van der Waals surface area contributed by atoms with E-state index in [1.165, 1.54) is 12.1 Å². The summed E-state index contributed by atoms with van der Waals surface area (Å²) in [6.07, 6.45) is 2.12. The minimum absolute atomic E-state index is 0.278. The van der Waals surface area contributed by atoms with E-state index in [0.29, 0.717) is 30.0 Å². The lowest BCUT2D eigenvalue weighted by atomic mass is 10.1. The fourth-order valence-electron chi connectivity index (χ4n) is 3.14. The van der Waals surface area contributed by atoms with E-state index in [0.717, 1.165) is 34.0 Å². The first kappa shape index (κ1) is 25.3. The molecular formula is C26H24F3N3OS. The number of alkyl halides is 3. The van der Waals surface area contributed by atoms with Crippen LogP contribution < -0.4 is 5.32 Å². The van der Waals surface area contributed by atoms with Crippen molar-refractivity contribution in [3.63, 3.8) is 0 Å². The summed E-state index contributed by atoms with van der Waals surface area (Å²) in [6.45, 7) is 0.789. The zero-order valence-electron chi connectivity index (χ0n) is 18.6. The maximum absolute atomic E-state index is 12.7. The zero-order valence-corrected chi connectivity index (χ0v) is 19.5. The van der Waals surface area contributed by atoms with E-state index >= 15 is 0 Å². The number of methoxy groups -OCH3 is 1. The molecule has 1 N–H and O–H groups in total. The Morgan fingerprint density at radius 3 is 2.68 bits per heavy atom. The number of hydrogen-bond donors (Lipinski definition) is 2. The number of hydrogen-bond acceptors (Lipinski definition) is 4. The molecule has 0 fully saturated rings. The van der Waals surface area contributed by atoms with Crippen molar-refractivity contribution >= 4 is 34.6 Å². The predicted molar refractivity (Wildman–Crippen MR) is 134 cm³/mol. The van der Waals surface area contributed by atoms with Gasteiger partial charge in [0, 0.05) is 36.3 Å². The number of nitrogens with one attached hydrogen (secondary N) is 1. The first-order valence-electron chi connectivity index (χ1n) is 10.5. The number of rotatable bonds is 8. The Kier molecular flexibility index (Phi) is 9.14. The largest absolute Gasteiger partial charge is 0.416 e. The lowest BCUT2D eigenvalue weighted by Gasteiger charge is -2.08. The lowest BCUT2D eigenvalue weighted by molar-refractivity contribution is -0.137. The zero-order chi connectivity index (χ0) is 24.4. The minimum atomic E-state index is -4.32. The van der Waals surface area contributed by atoms with Crippen LogP contribution in [0.3, 0.4) is 0 Å². The number of aliphatic imine (C=N–C) groups is 1. The number of thiol groups is 1. The normalized spacial score (nSPS) is 12.4. The minimum Gasteiger partial charge on any atom is -0.372 e. The summed E-state index contributed by atoms with van der Waals surface area (Å²) in [5.41, 5.74) is 1.68. The van der Waals surface area contributed by atoms with Crippen LogP contribution in [0.1, 0.15) is 23.1 Å². The van der Waals surface area contributed by atoms with E-state index < -0.39 is 11.7 Å².